The highest BCUT2D eigenvalue weighted by molar-refractivity contribution is 14.1. The Morgan fingerprint density at radius 1 is 1.41 bits per heavy atom. The van der Waals surface area contributed by atoms with Gasteiger partial charge in [0.15, 0.2) is 0 Å². The summed E-state index contributed by atoms with van der Waals surface area (Å²) < 4.78 is 6.59. The first kappa shape index (κ1) is 12.8. The molecule has 1 aromatic carbocycles. The van der Waals surface area contributed by atoms with Crippen molar-refractivity contribution >= 4 is 28.5 Å². The van der Waals surface area contributed by atoms with Crippen molar-refractivity contribution in [1.29, 1.82) is 0 Å². The normalized spacial score (nSPS) is 17.3. The van der Waals surface area contributed by atoms with Crippen LogP contribution in [0.1, 0.15) is 29.6 Å². The molecule has 1 saturated carbocycles. The third kappa shape index (κ3) is 2.98. The van der Waals surface area contributed by atoms with E-state index in [1.807, 2.05) is 24.3 Å². The average molecular weight is 345 g/mol. The molecule has 1 fully saturated rings. The SMILES string of the molecule is COC1(CNC(=O)c2ccc(I)cc2)CCC1. The number of hydrogen-bond donors (Lipinski definition) is 1. The van der Waals surface area contributed by atoms with Crippen molar-refractivity contribution in [3.63, 3.8) is 0 Å². The topological polar surface area (TPSA) is 38.3 Å². The number of ether oxygens (including phenoxy) is 1. The lowest BCUT2D eigenvalue weighted by molar-refractivity contribution is -0.0679. The number of halogens is 1. The van der Waals surface area contributed by atoms with Crippen molar-refractivity contribution in [1.82, 2.24) is 5.32 Å². The molecular weight excluding hydrogens is 329 g/mol. The van der Waals surface area contributed by atoms with Crippen LogP contribution in [0.3, 0.4) is 0 Å². The minimum atomic E-state index is -0.112. The lowest BCUT2D eigenvalue weighted by Crippen LogP contribution is -2.49. The largest absolute Gasteiger partial charge is 0.376 e. The molecule has 0 bridgehead atoms. The summed E-state index contributed by atoms with van der Waals surface area (Å²) in [5, 5.41) is 2.95. The molecule has 2 rings (SSSR count). The van der Waals surface area contributed by atoms with Crippen molar-refractivity contribution in [2.45, 2.75) is 24.9 Å². The van der Waals surface area contributed by atoms with Crippen molar-refractivity contribution in [2.24, 2.45) is 0 Å². The minimum absolute atomic E-state index is 0.0234. The van der Waals surface area contributed by atoms with Gasteiger partial charge in [0, 0.05) is 22.8 Å². The number of rotatable bonds is 4. The molecule has 0 aromatic heterocycles. The minimum Gasteiger partial charge on any atom is -0.376 e. The Bertz CT molecular complexity index is 393. The Labute approximate surface area is 115 Å². The molecule has 92 valence electrons. The molecule has 1 aliphatic rings. The van der Waals surface area contributed by atoms with Crippen molar-refractivity contribution in [3.8, 4) is 0 Å². The smallest absolute Gasteiger partial charge is 0.251 e. The Kier molecular flexibility index (Phi) is 4.04. The summed E-state index contributed by atoms with van der Waals surface area (Å²) in [6.07, 6.45) is 3.26. The molecule has 0 spiro atoms. The molecule has 0 radical (unpaired) electrons. The molecule has 1 amide bonds. The van der Waals surface area contributed by atoms with Crippen LogP contribution in [0, 0.1) is 3.57 Å². The molecule has 1 N–H and O–H groups in total. The lowest BCUT2D eigenvalue weighted by Gasteiger charge is -2.40. The van der Waals surface area contributed by atoms with E-state index in [1.165, 1.54) is 6.42 Å². The number of benzene rings is 1. The Morgan fingerprint density at radius 3 is 2.53 bits per heavy atom. The number of nitrogens with one attached hydrogen (secondary N) is 1. The summed E-state index contributed by atoms with van der Waals surface area (Å²) >= 11 is 2.22. The zero-order chi connectivity index (χ0) is 12.3. The van der Waals surface area contributed by atoms with Gasteiger partial charge in [-0.2, -0.15) is 0 Å². The zero-order valence-electron chi connectivity index (χ0n) is 9.83. The first-order valence-corrected chi connectivity index (χ1v) is 6.82. The van der Waals surface area contributed by atoms with Gasteiger partial charge in [0.05, 0.1) is 5.60 Å². The van der Waals surface area contributed by atoms with E-state index in [2.05, 4.69) is 27.9 Å². The molecule has 1 aromatic rings. The number of hydrogen-bond acceptors (Lipinski definition) is 2. The fraction of sp³-hybridized carbons (Fsp3) is 0.462. The summed E-state index contributed by atoms with van der Waals surface area (Å²) in [6, 6.07) is 7.56. The summed E-state index contributed by atoms with van der Waals surface area (Å²) in [5.74, 6) is -0.0234. The standard InChI is InChI=1S/C13H16INO2/c1-17-13(7-2-8-13)9-15-12(16)10-3-5-11(14)6-4-10/h3-6H,2,7-9H2,1H3,(H,15,16). The molecule has 0 saturated heterocycles. The van der Waals surface area contributed by atoms with Gasteiger partial charge in [-0.3, -0.25) is 4.79 Å². The van der Waals surface area contributed by atoms with Crippen molar-refractivity contribution in [2.75, 3.05) is 13.7 Å². The maximum absolute atomic E-state index is 11.9. The highest BCUT2D eigenvalue weighted by Gasteiger charge is 2.37. The van der Waals surface area contributed by atoms with Gasteiger partial charge in [-0.25, -0.2) is 0 Å². The van der Waals surface area contributed by atoms with Crippen LogP contribution in [0.15, 0.2) is 24.3 Å². The van der Waals surface area contributed by atoms with Gasteiger partial charge in [0.2, 0.25) is 0 Å². The second-order valence-corrected chi connectivity index (χ2v) is 5.68. The van der Waals surface area contributed by atoms with Crippen LogP contribution in [0.2, 0.25) is 0 Å². The molecule has 3 nitrogen and oxygen atoms in total. The third-order valence-corrected chi connectivity index (χ3v) is 4.09. The number of carbonyl (C=O) groups excluding carboxylic acids is 1. The van der Waals surface area contributed by atoms with Gasteiger partial charge in [-0.05, 0) is 66.1 Å². The fourth-order valence-electron chi connectivity index (χ4n) is 1.97. The lowest BCUT2D eigenvalue weighted by atomic mass is 9.80. The average Bonchev–Trinajstić information content (AvgIpc) is 2.29. The molecule has 1 aliphatic carbocycles. The predicted molar refractivity (Wildman–Crippen MR) is 75.1 cm³/mol. The third-order valence-electron chi connectivity index (χ3n) is 3.38. The predicted octanol–water partition coefficient (Wildman–Crippen LogP) is 2.59. The molecule has 0 aliphatic heterocycles. The van der Waals surface area contributed by atoms with Gasteiger partial charge in [-0.1, -0.05) is 0 Å². The zero-order valence-corrected chi connectivity index (χ0v) is 12.0. The van der Waals surface area contributed by atoms with Crippen molar-refractivity contribution < 1.29 is 9.53 Å². The van der Waals surface area contributed by atoms with Crippen LogP contribution < -0.4 is 5.32 Å². The Hall–Kier alpha value is -0.620. The molecule has 0 heterocycles. The van der Waals surface area contributed by atoms with Crippen LogP contribution in [0.5, 0.6) is 0 Å². The van der Waals surface area contributed by atoms with E-state index in [-0.39, 0.29) is 11.5 Å². The summed E-state index contributed by atoms with van der Waals surface area (Å²) in [7, 11) is 1.72. The quantitative estimate of drug-likeness (QED) is 0.852. The first-order chi connectivity index (χ1) is 8.15. The summed E-state index contributed by atoms with van der Waals surface area (Å²) in [4.78, 5) is 11.9. The van der Waals surface area contributed by atoms with Gasteiger partial charge in [-0.15, -0.1) is 0 Å². The number of amides is 1. The number of carbonyl (C=O) groups is 1. The van der Waals surface area contributed by atoms with E-state index < -0.39 is 0 Å². The van der Waals surface area contributed by atoms with Crippen LogP contribution in [0.4, 0.5) is 0 Å². The fourth-order valence-corrected chi connectivity index (χ4v) is 2.33. The van der Waals surface area contributed by atoms with E-state index in [1.54, 1.807) is 7.11 Å². The summed E-state index contributed by atoms with van der Waals surface area (Å²) in [6.45, 7) is 0.605. The van der Waals surface area contributed by atoms with Gasteiger partial charge >= 0.3 is 0 Å². The molecule has 17 heavy (non-hydrogen) atoms. The van der Waals surface area contributed by atoms with Crippen LogP contribution in [-0.4, -0.2) is 25.2 Å². The second kappa shape index (κ2) is 5.35. The Balaban J connectivity index is 1.91. The second-order valence-electron chi connectivity index (χ2n) is 4.43. The van der Waals surface area contributed by atoms with E-state index in [9.17, 15) is 4.79 Å². The van der Waals surface area contributed by atoms with Crippen LogP contribution in [-0.2, 0) is 4.74 Å². The van der Waals surface area contributed by atoms with Crippen molar-refractivity contribution in [3.05, 3.63) is 33.4 Å². The maximum atomic E-state index is 11.9. The molecule has 4 heteroatoms. The maximum Gasteiger partial charge on any atom is 0.251 e. The van der Waals surface area contributed by atoms with Gasteiger partial charge < -0.3 is 10.1 Å². The van der Waals surface area contributed by atoms with E-state index in [4.69, 9.17) is 4.74 Å². The Morgan fingerprint density at radius 2 is 2.06 bits per heavy atom. The van der Waals surface area contributed by atoms with E-state index in [0.717, 1.165) is 16.4 Å². The highest BCUT2D eigenvalue weighted by atomic mass is 127. The summed E-state index contributed by atoms with van der Waals surface area (Å²) in [5.41, 5.74) is 0.592. The monoisotopic (exact) mass is 345 g/mol. The first-order valence-electron chi connectivity index (χ1n) is 5.74. The molecular formula is C13H16INO2. The number of methoxy groups -OCH3 is 1. The van der Waals surface area contributed by atoms with E-state index in [0.29, 0.717) is 12.1 Å². The molecule has 0 atom stereocenters. The van der Waals surface area contributed by atoms with Crippen LogP contribution >= 0.6 is 22.6 Å². The van der Waals surface area contributed by atoms with Gasteiger partial charge in [0.1, 0.15) is 0 Å². The highest BCUT2D eigenvalue weighted by Crippen LogP contribution is 2.34. The molecule has 0 unspecified atom stereocenters. The van der Waals surface area contributed by atoms with Crippen LogP contribution in [0.25, 0.3) is 0 Å². The van der Waals surface area contributed by atoms with Gasteiger partial charge in [0.25, 0.3) is 5.91 Å². The van der Waals surface area contributed by atoms with E-state index >= 15 is 0 Å².